The lowest BCUT2D eigenvalue weighted by Gasteiger charge is -2.06. The summed E-state index contributed by atoms with van der Waals surface area (Å²) < 4.78 is 20.5. The largest absolute Gasteiger partial charge is 0.484 e. The van der Waals surface area contributed by atoms with Gasteiger partial charge in [0, 0.05) is 0 Å². The number of hydrogen-bond donors (Lipinski definition) is 0. The predicted octanol–water partition coefficient (Wildman–Crippen LogP) is 4.30. The van der Waals surface area contributed by atoms with Crippen molar-refractivity contribution in [3.05, 3.63) is 82.9 Å². The fraction of sp³-hybridized carbons (Fsp3) is 0.118. The average molecular weight is 317 g/mol. The number of aromatic nitrogens is 2. The molecule has 0 fully saturated rings. The Hall–Kier alpha value is -2.33. The smallest absolute Gasteiger partial charge is 0.176 e. The Kier molecular flexibility index (Phi) is 4.39. The third kappa shape index (κ3) is 3.46. The minimum absolute atomic E-state index is 0.277. The molecule has 0 saturated heterocycles. The first-order valence-corrected chi connectivity index (χ1v) is 7.22. The van der Waals surface area contributed by atoms with Gasteiger partial charge in [0.25, 0.3) is 0 Å². The summed E-state index contributed by atoms with van der Waals surface area (Å²) in [5.41, 5.74) is 1.84. The van der Waals surface area contributed by atoms with Gasteiger partial charge >= 0.3 is 0 Å². The van der Waals surface area contributed by atoms with Crippen LogP contribution in [0.25, 0.3) is 0 Å². The molecule has 1 heterocycles. The van der Waals surface area contributed by atoms with Gasteiger partial charge < -0.3 is 4.74 Å². The number of halogens is 2. The van der Waals surface area contributed by atoms with Gasteiger partial charge in [0.2, 0.25) is 0 Å². The summed E-state index contributed by atoms with van der Waals surface area (Å²) in [4.78, 5) is 0. The fourth-order valence-electron chi connectivity index (χ4n) is 2.10. The Bertz CT molecular complexity index is 758. The zero-order chi connectivity index (χ0) is 15.4. The molecule has 0 aliphatic carbocycles. The fourth-order valence-corrected chi connectivity index (χ4v) is 2.31. The van der Waals surface area contributed by atoms with Gasteiger partial charge in [-0.3, -0.25) is 0 Å². The van der Waals surface area contributed by atoms with Gasteiger partial charge in [-0.1, -0.05) is 54.1 Å². The lowest BCUT2D eigenvalue weighted by atomic mass is 10.2. The second-order valence-corrected chi connectivity index (χ2v) is 5.22. The summed E-state index contributed by atoms with van der Waals surface area (Å²) >= 11 is 6.26. The van der Waals surface area contributed by atoms with E-state index in [1.165, 1.54) is 12.1 Å². The molecule has 3 rings (SSSR count). The zero-order valence-electron chi connectivity index (χ0n) is 11.7. The summed E-state index contributed by atoms with van der Waals surface area (Å²) in [6.07, 6.45) is 1.57. The maximum Gasteiger partial charge on any atom is 0.176 e. The average Bonchev–Trinajstić information content (AvgIpc) is 2.87. The van der Waals surface area contributed by atoms with Gasteiger partial charge in [0.05, 0.1) is 12.7 Å². The highest BCUT2D eigenvalue weighted by Crippen LogP contribution is 2.25. The molecule has 3 aromatic rings. The van der Waals surface area contributed by atoms with Crippen LogP contribution in [0.2, 0.25) is 5.15 Å². The molecule has 0 N–H and O–H groups in total. The molecule has 0 amide bonds. The van der Waals surface area contributed by atoms with Crippen LogP contribution in [-0.2, 0) is 13.2 Å². The quantitative estimate of drug-likeness (QED) is 0.701. The second-order valence-electron chi connectivity index (χ2n) is 4.86. The Morgan fingerprint density at radius 3 is 2.59 bits per heavy atom. The molecule has 0 unspecified atom stereocenters. The van der Waals surface area contributed by atoms with Crippen LogP contribution >= 0.6 is 11.6 Å². The van der Waals surface area contributed by atoms with Crippen molar-refractivity contribution in [1.82, 2.24) is 9.78 Å². The molecule has 22 heavy (non-hydrogen) atoms. The first-order chi connectivity index (χ1) is 10.7. The molecule has 3 nitrogen and oxygen atoms in total. The third-order valence-corrected chi connectivity index (χ3v) is 3.58. The molecule has 0 bridgehead atoms. The van der Waals surface area contributed by atoms with Crippen molar-refractivity contribution in [3.63, 3.8) is 0 Å². The molecule has 5 heteroatoms. The van der Waals surface area contributed by atoms with E-state index in [9.17, 15) is 4.39 Å². The monoisotopic (exact) mass is 316 g/mol. The van der Waals surface area contributed by atoms with E-state index < -0.39 is 0 Å². The number of benzene rings is 2. The van der Waals surface area contributed by atoms with Crippen LogP contribution in [0.15, 0.2) is 60.8 Å². The maximum absolute atomic E-state index is 13.2. The summed E-state index contributed by atoms with van der Waals surface area (Å²) in [5, 5.41) is 4.59. The summed E-state index contributed by atoms with van der Waals surface area (Å²) in [5.74, 6) is 0.239. The van der Waals surface area contributed by atoms with E-state index in [0.29, 0.717) is 24.1 Å². The van der Waals surface area contributed by atoms with Crippen LogP contribution in [0, 0.1) is 5.82 Å². The highest BCUT2D eigenvalue weighted by atomic mass is 35.5. The van der Waals surface area contributed by atoms with E-state index in [1.54, 1.807) is 16.9 Å². The van der Waals surface area contributed by atoms with Gasteiger partial charge in [0.1, 0.15) is 12.4 Å². The van der Waals surface area contributed by atoms with Crippen LogP contribution in [-0.4, -0.2) is 9.78 Å². The summed E-state index contributed by atoms with van der Waals surface area (Å²) in [7, 11) is 0. The summed E-state index contributed by atoms with van der Waals surface area (Å²) in [6.45, 7) is 0.817. The topological polar surface area (TPSA) is 27.1 Å². The van der Waals surface area contributed by atoms with E-state index in [0.717, 1.165) is 11.1 Å². The van der Waals surface area contributed by atoms with E-state index in [1.807, 2.05) is 36.4 Å². The predicted molar refractivity (Wildman–Crippen MR) is 83.5 cm³/mol. The van der Waals surface area contributed by atoms with Crippen molar-refractivity contribution in [3.8, 4) is 5.75 Å². The minimum Gasteiger partial charge on any atom is -0.484 e. The van der Waals surface area contributed by atoms with Crippen LogP contribution in [0.3, 0.4) is 0 Å². The van der Waals surface area contributed by atoms with Crippen molar-refractivity contribution >= 4 is 11.6 Å². The number of rotatable bonds is 5. The molecule has 0 aliphatic rings. The number of hydrogen-bond acceptors (Lipinski definition) is 2. The maximum atomic E-state index is 13.2. The van der Waals surface area contributed by atoms with Gasteiger partial charge in [-0.25, -0.2) is 9.07 Å². The standard InChI is InChI=1S/C17H14ClFN2O/c18-17-16(22-12-13-5-2-1-3-6-13)10-20-21(17)11-14-7-4-8-15(19)9-14/h1-10H,11-12H2. The van der Waals surface area contributed by atoms with Crippen LogP contribution in [0.4, 0.5) is 4.39 Å². The van der Waals surface area contributed by atoms with Gasteiger partial charge in [-0.2, -0.15) is 5.10 Å². The second kappa shape index (κ2) is 6.62. The first-order valence-electron chi connectivity index (χ1n) is 6.85. The van der Waals surface area contributed by atoms with Crippen LogP contribution in [0.5, 0.6) is 5.75 Å². The number of nitrogens with zero attached hydrogens (tertiary/aromatic N) is 2. The zero-order valence-corrected chi connectivity index (χ0v) is 12.5. The molecule has 1 aromatic heterocycles. The van der Waals surface area contributed by atoms with Crippen molar-refractivity contribution in [1.29, 1.82) is 0 Å². The summed E-state index contributed by atoms with van der Waals surface area (Å²) in [6, 6.07) is 16.2. The van der Waals surface area contributed by atoms with Crippen molar-refractivity contribution in [2.45, 2.75) is 13.2 Å². The molecule has 112 valence electrons. The van der Waals surface area contributed by atoms with Crippen molar-refractivity contribution in [2.24, 2.45) is 0 Å². The number of ether oxygens (including phenoxy) is 1. The molecule has 0 atom stereocenters. The van der Waals surface area contributed by atoms with E-state index in [2.05, 4.69) is 5.10 Å². The Morgan fingerprint density at radius 2 is 1.82 bits per heavy atom. The first kappa shape index (κ1) is 14.6. The molecule has 0 saturated carbocycles. The Morgan fingerprint density at radius 1 is 1.05 bits per heavy atom. The minimum atomic E-state index is -0.277. The highest BCUT2D eigenvalue weighted by Gasteiger charge is 2.10. The van der Waals surface area contributed by atoms with Crippen molar-refractivity contribution in [2.75, 3.05) is 0 Å². The molecule has 0 radical (unpaired) electrons. The van der Waals surface area contributed by atoms with E-state index in [4.69, 9.17) is 16.3 Å². The van der Waals surface area contributed by atoms with Gasteiger partial charge in [0.15, 0.2) is 10.9 Å². The highest BCUT2D eigenvalue weighted by molar-refractivity contribution is 6.31. The Labute approximate surface area is 132 Å². The normalized spacial score (nSPS) is 10.6. The van der Waals surface area contributed by atoms with Gasteiger partial charge in [-0.05, 0) is 23.3 Å². The lowest BCUT2D eigenvalue weighted by Crippen LogP contribution is -2.02. The molecule has 0 aliphatic heterocycles. The third-order valence-electron chi connectivity index (χ3n) is 3.20. The van der Waals surface area contributed by atoms with Crippen LogP contribution < -0.4 is 4.74 Å². The molecular formula is C17H14ClFN2O. The van der Waals surface area contributed by atoms with Gasteiger partial charge in [-0.15, -0.1) is 0 Å². The lowest BCUT2D eigenvalue weighted by molar-refractivity contribution is 0.306. The van der Waals surface area contributed by atoms with Crippen LogP contribution in [0.1, 0.15) is 11.1 Å². The molecule has 2 aromatic carbocycles. The molecule has 0 spiro atoms. The van der Waals surface area contributed by atoms with E-state index in [-0.39, 0.29) is 5.82 Å². The van der Waals surface area contributed by atoms with Crippen molar-refractivity contribution < 1.29 is 9.13 Å². The van der Waals surface area contributed by atoms with E-state index >= 15 is 0 Å². The Balaban J connectivity index is 1.69. The SMILES string of the molecule is Fc1cccc(Cn2ncc(OCc3ccccc3)c2Cl)c1. The molecular weight excluding hydrogens is 303 g/mol.